The number of aryl methyl sites for hydroxylation is 2. The number of carbonyl (C=O) groups is 2. The van der Waals surface area contributed by atoms with Crippen molar-refractivity contribution in [2.24, 2.45) is 0 Å². The van der Waals surface area contributed by atoms with Crippen molar-refractivity contribution >= 4 is 11.9 Å². The van der Waals surface area contributed by atoms with Gasteiger partial charge in [0.2, 0.25) is 5.91 Å². The van der Waals surface area contributed by atoms with Crippen LogP contribution in [0.4, 0.5) is 0 Å². The van der Waals surface area contributed by atoms with Gasteiger partial charge in [-0.25, -0.2) is 0 Å². The molecule has 1 heterocycles. The van der Waals surface area contributed by atoms with E-state index in [4.69, 9.17) is 5.11 Å². The number of amides is 1. The molecule has 0 saturated heterocycles. The molecule has 0 spiro atoms. The highest BCUT2D eigenvalue weighted by Crippen LogP contribution is 2.03. The van der Waals surface area contributed by atoms with E-state index in [1.807, 2.05) is 13.1 Å². The van der Waals surface area contributed by atoms with E-state index >= 15 is 0 Å². The second kappa shape index (κ2) is 8.24. The summed E-state index contributed by atoms with van der Waals surface area (Å²) in [6, 6.07) is 3.32. The fourth-order valence-corrected chi connectivity index (χ4v) is 1.96. The van der Waals surface area contributed by atoms with E-state index in [9.17, 15) is 14.4 Å². The third-order valence-corrected chi connectivity index (χ3v) is 3.26. The Kier molecular flexibility index (Phi) is 6.65. The third-order valence-electron chi connectivity index (χ3n) is 3.26. The maximum atomic E-state index is 11.8. The number of carbonyl (C=O) groups excluding carboxylic acids is 1. The van der Waals surface area contributed by atoms with Crippen LogP contribution < -0.4 is 5.56 Å². The molecule has 0 unspecified atom stereocenters. The molecule has 0 fully saturated rings. The van der Waals surface area contributed by atoms with Gasteiger partial charge >= 0.3 is 5.97 Å². The van der Waals surface area contributed by atoms with E-state index in [1.54, 1.807) is 23.7 Å². The smallest absolute Gasteiger partial charge is 0.305 e. The Morgan fingerprint density at radius 3 is 2.62 bits per heavy atom. The Morgan fingerprint density at radius 2 is 1.95 bits per heavy atom. The normalized spacial score (nSPS) is 10.4. The van der Waals surface area contributed by atoms with E-state index < -0.39 is 5.97 Å². The highest BCUT2D eigenvalue weighted by Gasteiger charge is 2.09. The van der Waals surface area contributed by atoms with Crippen LogP contribution in [0.3, 0.4) is 0 Å². The quantitative estimate of drug-likeness (QED) is 0.732. The molecule has 0 aliphatic rings. The summed E-state index contributed by atoms with van der Waals surface area (Å²) < 4.78 is 1.65. The van der Waals surface area contributed by atoms with Crippen LogP contribution in [-0.2, 0) is 16.1 Å². The molecule has 6 heteroatoms. The van der Waals surface area contributed by atoms with Gasteiger partial charge in [-0.1, -0.05) is 6.07 Å². The number of aromatic nitrogens is 1. The number of unbranched alkanes of at least 4 members (excludes halogenated alkanes) is 1. The molecule has 0 bridgehead atoms. The number of rotatable bonds is 8. The summed E-state index contributed by atoms with van der Waals surface area (Å²) in [4.78, 5) is 35.2. The standard InChI is InChI=1S/C15H22N2O4/c1-12-6-7-14(19)17(11-12)9-4-3-5-13(18)16(2)10-8-15(20)21/h6-7,11H,3-5,8-10H2,1-2H3,(H,20,21). The van der Waals surface area contributed by atoms with Gasteiger partial charge in [-0.15, -0.1) is 0 Å². The van der Waals surface area contributed by atoms with Crippen molar-refractivity contribution in [2.45, 2.75) is 39.2 Å². The lowest BCUT2D eigenvalue weighted by atomic mass is 10.2. The van der Waals surface area contributed by atoms with E-state index in [2.05, 4.69) is 0 Å². The number of pyridine rings is 1. The maximum absolute atomic E-state index is 11.8. The van der Waals surface area contributed by atoms with Gasteiger partial charge in [-0.2, -0.15) is 0 Å². The molecule has 0 radical (unpaired) electrons. The zero-order valence-corrected chi connectivity index (χ0v) is 12.5. The Hall–Kier alpha value is -2.11. The number of carboxylic acid groups (broad SMARTS) is 1. The first-order chi connectivity index (χ1) is 9.90. The van der Waals surface area contributed by atoms with Crippen LogP contribution in [0.15, 0.2) is 23.1 Å². The van der Waals surface area contributed by atoms with Crippen molar-refractivity contribution in [3.63, 3.8) is 0 Å². The number of hydrogen-bond acceptors (Lipinski definition) is 3. The maximum Gasteiger partial charge on any atom is 0.305 e. The van der Waals surface area contributed by atoms with Crippen LogP contribution in [0.1, 0.15) is 31.2 Å². The average Bonchev–Trinajstić information content (AvgIpc) is 2.44. The van der Waals surface area contributed by atoms with Crippen LogP contribution in [-0.4, -0.2) is 40.0 Å². The number of nitrogens with zero attached hydrogens (tertiary/aromatic N) is 2. The van der Waals surface area contributed by atoms with E-state index in [1.165, 1.54) is 4.90 Å². The van der Waals surface area contributed by atoms with Crippen molar-refractivity contribution in [3.05, 3.63) is 34.2 Å². The van der Waals surface area contributed by atoms with Crippen molar-refractivity contribution in [1.82, 2.24) is 9.47 Å². The lowest BCUT2D eigenvalue weighted by Crippen LogP contribution is -2.28. The summed E-state index contributed by atoms with van der Waals surface area (Å²) >= 11 is 0. The predicted octanol–water partition coefficient (Wildman–Crippen LogP) is 1.26. The SMILES string of the molecule is Cc1ccc(=O)n(CCCCC(=O)N(C)CCC(=O)O)c1. The Balaban J connectivity index is 2.30. The van der Waals surface area contributed by atoms with Crippen LogP contribution in [0.2, 0.25) is 0 Å². The molecule has 6 nitrogen and oxygen atoms in total. The number of carboxylic acids is 1. The van der Waals surface area contributed by atoms with Crippen molar-refractivity contribution in [2.75, 3.05) is 13.6 Å². The Bertz CT molecular complexity index is 551. The summed E-state index contributed by atoms with van der Waals surface area (Å²) in [7, 11) is 1.61. The van der Waals surface area contributed by atoms with Crippen molar-refractivity contribution < 1.29 is 14.7 Å². The first-order valence-electron chi connectivity index (χ1n) is 7.03. The summed E-state index contributed by atoms with van der Waals surface area (Å²) in [5, 5.41) is 8.56. The Labute approximate surface area is 124 Å². The van der Waals surface area contributed by atoms with E-state index in [-0.39, 0.29) is 24.4 Å². The molecule has 0 atom stereocenters. The number of hydrogen-bond donors (Lipinski definition) is 1. The highest BCUT2D eigenvalue weighted by atomic mass is 16.4. The lowest BCUT2D eigenvalue weighted by Gasteiger charge is -2.15. The minimum Gasteiger partial charge on any atom is -0.481 e. The van der Waals surface area contributed by atoms with Gasteiger partial charge in [0.1, 0.15) is 0 Å². The van der Waals surface area contributed by atoms with Gasteiger partial charge in [-0.3, -0.25) is 14.4 Å². The summed E-state index contributed by atoms with van der Waals surface area (Å²) in [6.45, 7) is 2.75. The minimum absolute atomic E-state index is 0.0366. The molecule has 1 amide bonds. The summed E-state index contributed by atoms with van der Waals surface area (Å²) in [5.41, 5.74) is 0.990. The van der Waals surface area contributed by atoms with Crippen molar-refractivity contribution in [1.29, 1.82) is 0 Å². The van der Waals surface area contributed by atoms with E-state index in [0.29, 0.717) is 19.4 Å². The van der Waals surface area contributed by atoms with Crippen LogP contribution in [0.25, 0.3) is 0 Å². The molecule has 0 aliphatic heterocycles. The van der Waals surface area contributed by atoms with Gasteiger partial charge in [0.05, 0.1) is 6.42 Å². The molecule has 0 aliphatic carbocycles. The molecule has 1 aromatic rings. The first kappa shape index (κ1) is 16.9. The summed E-state index contributed by atoms with van der Waals surface area (Å²) in [6.07, 6.45) is 3.55. The predicted molar refractivity (Wildman–Crippen MR) is 79.2 cm³/mol. The van der Waals surface area contributed by atoms with Gasteiger partial charge < -0.3 is 14.6 Å². The van der Waals surface area contributed by atoms with Crippen LogP contribution in [0, 0.1) is 6.92 Å². The fourth-order valence-electron chi connectivity index (χ4n) is 1.96. The van der Waals surface area contributed by atoms with Crippen LogP contribution in [0.5, 0.6) is 0 Å². The summed E-state index contributed by atoms with van der Waals surface area (Å²) in [5.74, 6) is -0.971. The fraction of sp³-hybridized carbons (Fsp3) is 0.533. The number of aliphatic carboxylic acids is 1. The minimum atomic E-state index is -0.909. The average molecular weight is 294 g/mol. The zero-order chi connectivity index (χ0) is 15.8. The largest absolute Gasteiger partial charge is 0.481 e. The van der Waals surface area contributed by atoms with Gasteiger partial charge in [0.25, 0.3) is 5.56 Å². The van der Waals surface area contributed by atoms with Crippen molar-refractivity contribution in [3.8, 4) is 0 Å². The third kappa shape index (κ3) is 6.25. The van der Waals surface area contributed by atoms with Crippen LogP contribution >= 0.6 is 0 Å². The highest BCUT2D eigenvalue weighted by molar-refractivity contribution is 5.76. The second-order valence-electron chi connectivity index (χ2n) is 5.15. The van der Waals surface area contributed by atoms with Gasteiger partial charge in [0, 0.05) is 38.8 Å². The molecule has 21 heavy (non-hydrogen) atoms. The topological polar surface area (TPSA) is 79.6 Å². The molecule has 1 N–H and O–H groups in total. The molecule has 0 aromatic carbocycles. The van der Waals surface area contributed by atoms with E-state index in [0.717, 1.165) is 12.0 Å². The first-order valence-corrected chi connectivity index (χ1v) is 7.03. The Morgan fingerprint density at radius 1 is 1.24 bits per heavy atom. The molecule has 1 aromatic heterocycles. The molecular weight excluding hydrogens is 272 g/mol. The second-order valence-corrected chi connectivity index (χ2v) is 5.15. The molecular formula is C15H22N2O4. The van der Waals surface area contributed by atoms with Gasteiger partial charge in [-0.05, 0) is 25.3 Å². The lowest BCUT2D eigenvalue weighted by molar-refractivity contribution is -0.138. The zero-order valence-electron chi connectivity index (χ0n) is 12.5. The molecule has 1 rings (SSSR count). The molecule has 116 valence electrons. The van der Waals surface area contributed by atoms with Gasteiger partial charge in [0.15, 0.2) is 0 Å². The molecule has 0 saturated carbocycles. The monoisotopic (exact) mass is 294 g/mol.